The second kappa shape index (κ2) is 7.67. The molecule has 4 heteroatoms. The molecule has 0 aromatic heterocycles. The third-order valence-corrected chi connectivity index (χ3v) is 4.22. The van der Waals surface area contributed by atoms with Crippen LogP contribution < -0.4 is 10.1 Å². The normalized spacial score (nSPS) is 12.8. The zero-order chi connectivity index (χ0) is 17.1. The molecule has 0 spiro atoms. The van der Waals surface area contributed by atoms with E-state index in [9.17, 15) is 0 Å². The number of ether oxygens (including phenoxy) is 1. The van der Waals surface area contributed by atoms with Gasteiger partial charge in [-0.15, -0.1) is 0 Å². The van der Waals surface area contributed by atoms with Crippen molar-refractivity contribution in [2.45, 2.75) is 73.1 Å². The zero-order valence-corrected chi connectivity index (χ0v) is 18.0. The molecular weight excluding hydrogens is 406 g/mol. The third-order valence-electron chi connectivity index (χ3n) is 3.17. The Morgan fingerprint density at radius 3 is 2.18 bits per heavy atom. The van der Waals surface area contributed by atoms with Crippen LogP contribution in [0.4, 0.5) is 0 Å². The van der Waals surface area contributed by atoms with E-state index in [1.165, 1.54) is 0 Å². The molecule has 0 radical (unpaired) electrons. The van der Waals surface area contributed by atoms with Crippen molar-refractivity contribution < 1.29 is 4.74 Å². The van der Waals surface area contributed by atoms with Gasteiger partial charge in [-0.2, -0.15) is 0 Å². The van der Waals surface area contributed by atoms with Crippen LogP contribution in [0, 0.1) is 5.41 Å². The first-order valence-corrected chi connectivity index (χ1v) is 9.38. The molecule has 0 aliphatic carbocycles. The van der Waals surface area contributed by atoms with Crippen LogP contribution in [0.2, 0.25) is 0 Å². The van der Waals surface area contributed by atoms with Gasteiger partial charge in [0.15, 0.2) is 0 Å². The van der Waals surface area contributed by atoms with E-state index < -0.39 is 0 Å². The van der Waals surface area contributed by atoms with E-state index in [1.54, 1.807) is 0 Å². The van der Waals surface area contributed by atoms with Gasteiger partial charge in [-0.3, -0.25) is 0 Å². The molecule has 0 heterocycles. The van der Waals surface area contributed by atoms with Crippen LogP contribution in [0.1, 0.15) is 60.5 Å². The van der Waals surface area contributed by atoms with E-state index in [4.69, 9.17) is 4.74 Å². The molecule has 1 aromatic carbocycles. The smallest absolute Gasteiger partial charge is 0.138 e. The van der Waals surface area contributed by atoms with Crippen LogP contribution in [0.3, 0.4) is 0 Å². The van der Waals surface area contributed by atoms with Crippen molar-refractivity contribution in [3.8, 4) is 5.75 Å². The third kappa shape index (κ3) is 7.01. The molecule has 2 nitrogen and oxygen atoms in total. The fourth-order valence-corrected chi connectivity index (χ4v) is 4.24. The Morgan fingerprint density at radius 2 is 1.68 bits per heavy atom. The van der Waals surface area contributed by atoms with Gasteiger partial charge >= 0.3 is 0 Å². The zero-order valence-electron chi connectivity index (χ0n) is 14.8. The molecule has 0 saturated carbocycles. The van der Waals surface area contributed by atoms with E-state index in [0.717, 1.165) is 33.2 Å². The molecule has 0 bridgehead atoms. The molecule has 0 aliphatic rings. The summed E-state index contributed by atoms with van der Waals surface area (Å²) in [6, 6.07) is 4.16. The Morgan fingerprint density at radius 1 is 1.09 bits per heavy atom. The molecule has 0 saturated heterocycles. The summed E-state index contributed by atoms with van der Waals surface area (Å²) in [5, 5.41) is 3.68. The molecule has 0 unspecified atom stereocenters. The maximum absolute atomic E-state index is 5.99. The summed E-state index contributed by atoms with van der Waals surface area (Å²) in [5.41, 5.74) is 1.53. The van der Waals surface area contributed by atoms with Crippen molar-refractivity contribution in [2.75, 3.05) is 0 Å². The van der Waals surface area contributed by atoms with Crippen LogP contribution in [0.15, 0.2) is 21.1 Å². The Balaban J connectivity index is 2.93. The fraction of sp³-hybridized carbons (Fsp3) is 0.667. The van der Waals surface area contributed by atoms with Gasteiger partial charge in [-0.25, -0.2) is 0 Å². The summed E-state index contributed by atoms with van der Waals surface area (Å²) in [4.78, 5) is 0. The van der Waals surface area contributed by atoms with Crippen molar-refractivity contribution in [1.82, 2.24) is 5.32 Å². The van der Waals surface area contributed by atoms with Gasteiger partial charge < -0.3 is 10.1 Å². The average molecular weight is 435 g/mol. The predicted molar refractivity (Wildman–Crippen MR) is 103 cm³/mol. The van der Waals surface area contributed by atoms with Gasteiger partial charge in [0, 0.05) is 22.1 Å². The number of nitrogens with one attached hydrogen (secondary N) is 1. The molecule has 0 amide bonds. The quantitative estimate of drug-likeness (QED) is 0.566. The lowest BCUT2D eigenvalue weighted by Gasteiger charge is -2.34. The second-order valence-corrected chi connectivity index (χ2v) is 9.79. The van der Waals surface area contributed by atoms with Crippen LogP contribution in [-0.2, 0) is 6.54 Å². The highest BCUT2D eigenvalue weighted by atomic mass is 79.9. The Labute approximate surface area is 152 Å². The minimum absolute atomic E-state index is 0.0716. The van der Waals surface area contributed by atoms with Crippen molar-refractivity contribution in [3.05, 3.63) is 26.6 Å². The predicted octanol–water partition coefficient (Wildman–Crippen LogP) is 6.30. The van der Waals surface area contributed by atoms with E-state index in [2.05, 4.69) is 91.7 Å². The van der Waals surface area contributed by atoms with Gasteiger partial charge in [0.2, 0.25) is 0 Å². The first kappa shape index (κ1) is 20.0. The Bertz CT molecular complexity index is 505. The minimum atomic E-state index is 0.0716. The minimum Gasteiger partial charge on any atom is -0.489 e. The highest BCUT2D eigenvalue weighted by Crippen LogP contribution is 2.34. The van der Waals surface area contributed by atoms with E-state index in [1.807, 2.05) is 6.07 Å². The van der Waals surface area contributed by atoms with Gasteiger partial charge in [-0.05, 0) is 67.6 Å². The van der Waals surface area contributed by atoms with Crippen LogP contribution in [-0.4, -0.2) is 11.6 Å². The lowest BCUT2D eigenvalue weighted by atomic mass is 9.82. The molecule has 0 fully saturated rings. The maximum Gasteiger partial charge on any atom is 0.138 e. The van der Waals surface area contributed by atoms with Crippen molar-refractivity contribution in [3.63, 3.8) is 0 Å². The molecule has 126 valence electrons. The molecule has 1 aromatic rings. The monoisotopic (exact) mass is 433 g/mol. The number of benzene rings is 1. The average Bonchev–Trinajstić information content (AvgIpc) is 2.27. The summed E-state index contributed by atoms with van der Waals surface area (Å²) in [7, 11) is 0. The second-order valence-electron chi connectivity index (χ2n) is 8.02. The first-order valence-electron chi connectivity index (χ1n) is 7.79. The van der Waals surface area contributed by atoms with E-state index in [0.29, 0.717) is 5.41 Å². The number of rotatable bonds is 6. The van der Waals surface area contributed by atoms with Crippen LogP contribution in [0.25, 0.3) is 0 Å². The molecule has 22 heavy (non-hydrogen) atoms. The largest absolute Gasteiger partial charge is 0.489 e. The van der Waals surface area contributed by atoms with Crippen molar-refractivity contribution in [2.24, 2.45) is 5.41 Å². The highest BCUT2D eigenvalue weighted by Gasteiger charge is 2.25. The van der Waals surface area contributed by atoms with Crippen LogP contribution in [0.5, 0.6) is 5.75 Å². The topological polar surface area (TPSA) is 21.3 Å². The van der Waals surface area contributed by atoms with Gasteiger partial charge in [0.1, 0.15) is 5.75 Å². The molecule has 0 aliphatic heterocycles. The number of halogens is 2. The number of hydrogen-bond acceptors (Lipinski definition) is 2. The van der Waals surface area contributed by atoms with E-state index >= 15 is 0 Å². The lowest BCUT2D eigenvalue weighted by Crippen LogP contribution is -2.41. The molecule has 0 atom stereocenters. The van der Waals surface area contributed by atoms with Crippen LogP contribution >= 0.6 is 31.9 Å². The molecule has 1 rings (SSSR count). The van der Waals surface area contributed by atoms with E-state index in [-0.39, 0.29) is 11.6 Å². The molecular formula is C18H29Br2NO. The summed E-state index contributed by atoms with van der Waals surface area (Å²) in [6.45, 7) is 16.2. The Kier molecular flexibility index (Phi) is 6.97. The standard InChI is InChI=1S/C18H29Br2NO/c1-12(2)22-16-13(8-14(19)9-15(16)20)10-21-18(6,7)11-17(3,4)5/h8-9,12,21H,10-11H2,1-7H3. The summed E-state index contributed by atoms with van der Waals surface area (Å²) in [6.07, 6.45) is 1.26. The SMILES string of the molecule is CC(C)Oc1c(Br)cc(Br)cc1CNC(C)(C)CC(C)(C)C. The van der Waals surface area contributed by atoms with Crippen molar-refractivity contribution >= 4 is 31.9 Å². The summed E-state index contributed by atoms with van der Waals surface area (Å²) in [5.74, 6) is 0.928. The van der Waals surface area contributed by atoms with Gasteiger partial charge in [0.05, 0.1) is 10.6 Å². The lowest BCUT2D eigenvalue weighted by molar-refractivity contribution is 0.228. The number of hydrogen-bond donors (Lipinski definition) is 1. The van der Waals surface area contributed by atoms with Gasteiger partial charge in [-0.1, -0.05) is 36.7 Å². The first-order chi connectivity index (χ1) is 9.89. The van der Waals surface area contributed by atoms with Crippen molar-refractivity contribution in [1.29, 1.82) is 0 Å². The van der Waals surface area contributed by atoms with Gasteiger partial charge in [0.25, 0.3) is 0 Å². The highest BCUT2D eigenvalue weighted by molar-refractivity contribution is 9.11. The maximum atomic E-state index is 5.99. The fourth-order valence-electron chi connectivity index (χ4n) is 2.84. The molecule has 1 N–H and O–H groups in total. The summed E-state index contributed by atoms with van der Waals surface area (Å²) >= 11 is 7.18. The summed E-state index contributed by atoms with van der Waals surface area (Å²) < 4.78 is 8.03. The Hall–Kier alpha value is -0.0600.